The molecule has 1 spiro atoms. The SMILES string of the molecule is O=C(c1c[nH]c2ccc(F)cc2c1=O)N1CCC2(CC1)OCCC[C@@H]2O. The predicted octanol–water partition coefficient (Wildman–Crippen LogP) is 1.81. The zero-order chi connectivity index (χ0) is 18.3. The Morgan fingerprint density at radius 1 is 1.35 bits per heavy atom. The van der Waals surface area contributed by atoms with Gasteiger partial charge in [-0.3, -0.25) is 9.59 Å². The second kappa shape index (κ2) is 6.48. The minimum atomic E-state index is -0.575. The van der Waals surface area contributed by atoms with E-state index in [9.17, 15) is 19.1 Å². The number of rotatable bonds is 1. The van der Waals surface area contributed by atoms with E-state index in [2.05, 4.69) is 4.98 Å². The molecule has 0 aliphatic carbocycles. The van der Waals surface area contributed by atoms with Gasteiger partial charge in [0.05, 0.1) is 11.7 Å². The lowest BCUT2D eigenvalue weighted by Crippen LogP contribution is -2.56. The maximum Gasteiger partial charge on any atom is 0.259 e. The molecule has 0 bridgehead atoms. The van der Waals surface area contributed by atoms with Gasteiger partial charge in [-0.15, -0.1) is 0 Å². The molecular formula is C19H21FN2O4. The van der Waals surface area contributed by atoms with E-state index in [0.29, 0.717) is 44.5 Å². The first kappa shape index (κ1) is 17.2. The molecular weight excluding hydrogens is 339 g/mol. The number of pyridine rings is 1. The van der Waals surface area contributed by atoms with Gasteiger partial charge >= 0.3 is 0 Å². The van der Waals surface area contributed by atoms with Crippen molar-refractivity contribution in [3.63, 3.8) is 0 Å². The third kappa shape index (κ3) is 2.81. The largest absolute Gasteiger partial charge is 0.390 e. The number of carbonyl (C=O) groups excluding carboxylic acids is 1. The molecule has 6 nitrogen and oxygen atoms in total. The van der Waals surface area contributed by atoms with Crippen LogP contribution < -0.4 is 5.43 Å². The number of aromatic nitrogens is 1. The average Bonchev–Trinajstić information content (AvgIpc) is 2.65. The summed E-state index contributed by atoms with van der Waals surface area (Å²) in [5, 5.41) is 10.5. The molecule has 2 aliphatic heterocycles. The van der Waals surface area contributed by atoms with E-state index in [1.807, 2.05) is 0 Å². The highest BCUT2D eigenvalue weighted by Crippen LogP contribution is 2.35. The second-order valence-corrected chi connectivity index (χ2v) is 7.08. The summed E-state index contributed by atoms with van der Waals surface area (Å²) in [5.41, 5.74) is -0.556. The van der Waals surface area contributed by atoms with Crippen LogP contribution in [0.15, 0.2) is 29.2 Å². The van der Waals surface area contributed by atoms with Crippen molar-refractivity contribution in [2.75, 3.05) is 19.7 Å². The minimum Gasteiger partial charge on any atom is -0.390 e. The zero-order valence-electron chi connectivity index (χ0n) is 14.3. The van der Waals surface area contributed by atoms with Gasteiger partial charge in [-0.2, -0.15) is 0 Å². The Hall–Kier alpha value is -2.25. The molecule has 2 saturated heterocycles. The number of aliphatic hydroxyl groups excluding tert-OH is 1. The van der Waals surface area contributed by atoms with Crippen molar-refractivity contribution in [2.45, 2.75) is 37.4 Å². The normalized spacial score (nSPS) is 22.7. The van der Waals surface area contributed by atoms with E-state index in [1.54, 1.807) is 4.90 Å². The van der Waals surface area contributed by atoms with E-state index < -0.39 is 23.0 Å². The zero-order valence-corrected chi connectivity index (χ0v) is 14.3. The fourth-order valence-corrected chi connectivity index (χ4v) is 4.00. The van der Waals surface area contributed by atoms with Crippen LogP contribution in [0.1, 0.15) is 36.0 Å². The maximum absolute atomic E-state index is 13.5. The number of aliphatic hydroxyl groups is 1. The summed E-state index contributed by atoms with van der Waals surface area (Å²) in [7, 11) is 0. The molecule has 2 N–H and O–H groups in total. The molecule has 138 valence electrons. The summed E-state index contributed by atoms with van der Waals surface area (Å²) in [6.07, 6.45) is 3.51. The molecule has 0 saturated carbocycles. The van der Waals surface area contributed by atoms with Gasteiger partial charge in [0.25, 0.3) is 5.91 Å². The first-order valence-electron chi connectivity index (χ1n) is 8.92. The van der Waals surface area contributed by atoms with Crippen molar-refractivity contribution in [1.82, 2.24) is 9.88 Å². The Balaban J connectivity index is 1.56. The number of piperidine rings is 1. The number of hydrogen-bond acceptors (Lipinski definition) is 4. The Bertz CT molecular complexity index is 902. The van der Waals surface area contributed by atoms with Crippen molar-refractivity contribution in [2.24, 2.45) is 0 Å². The number of aromatic amines is 1. The van der Waals surface area contributed by atoms with Crippen LogP contribution in [0.4, 0.5) is 4.39 Å². The minimum absolute atomic E-state index is 0.00385. The van der Waals surface area contributed by atoms with Crippen molar-refractivity contribution in [1.29, 1.82) is 0 Å². The van der Waals surface area contributed by atoms with Gasteiger partial charge in [0.2, 0.25) is 5.43 Å². The van der Waals surface area contributed by atoms with Crippen LogP contribution >= 0.6 is 0 Å². The first-order valence-corrected chi connectivity index (χ1v) is 8.92. The highest BCUT2D eigenvalue weighted by Gasteiger charge is 2.44. The maximum atomic E-state index is 13.5. The van der Waals surface area contributed by atoms with Gasteiger partial charge in [-0.1, -0.05) is 0 Å². The standard InChI is InChI=1S/C19H21FN2O4/c20-12-3-4-15-13(10-12)17(24)14(11-21-15)18(25)22-7-5-19(6-8-22)16(23)2-1-9-26-19/h3-4,10-11,16,23H,1-2,5-9H2,(H,21,24)/t16-/m0/s1. The number of fused-ring (bicyclic) bond motifs is 1. The Labute approximate surface area is 149 Å². The summed E-state index contributed by atoms with van der Waals surface area (Å²) in [5.74, 6) is -0.895. The van der Waals surface area contributed by atoms with Crippen LogP contribution in [-0.4, -0.2) is 52.3 Å². The van der Waals surface area contributed by atoms with Crippen LogP contribution in [0.3, 0.4) is 0 Å². The van der Waals surface area contributed by atoms with Crippen LogP contribution in [0.25, 0.3) is 10.9 Å². The lowest BCUT2D eigenvalue weighted by Gasteiger charge is -2.46. The summed E-state index contributed by atoms with van der Waals surface area (Å²) >= 11 is 0. The number of likely N-dealkylation sites (tertiary alicyclic amines) is 1. The third-order valence-corrected chi connectivity index (χ3v) is 5.59. The predicted molar refractivity (Wildman–Crippen MR) is 93.6 cm³/mol. The smallest absolute Gasteiger partial charge is 0.259 e. The summed E-state index contributed by atoms with van der Waals surface area (Å²) in [4.78, 5) is 29.9. The molecule has 4 rings (SSSR count). The van der Waals surface area contributed by atoms with Crippen LogP contribution in [-0.2, 0) is 4.74 Å². The molecule has 2 aromatic rings. The van der Waals surface area contributed by atoms with E-state index >= 15 is 0 Å². The number of H-pyrrole nitrogens is 1. The molecule has 26 heavy (non-hydrogen) atoms. The van der Waals surface area contributed by atoms with Crippen LogP contribution in [0.2, 0.25) is 0 Å². The fourth-order valence-electron chi connectivity index (χ4n) is 4.00. The molecule has 1 atom stereocenters. The number of carbonyl (C=O) groups is 1. The Morgan fingerprint density at radius 2 is 2.12 bits per heavy atom. The number of halogens is 1. The van der Waals surface area contributed by atoms with Gasteiger partial charge in [-0.05, 0) is 43.9 Å². The van der Waals surface area contributed by atoms with E-state index in [-0.39, 0.29) is 16.9 Å². The van der Waals surface area contributed by atoms with Gasteiger partial charge in [0.1, 0.15) is 11.4 Å². The molecule has 1 aromatic heterocycles. The van der Waals surface area contributed by atoms with Crippen molar-refractivity contribution in [3.8, 4) is 0 Å². The number of nitrogens with one attached hydrogen (secondary N) is 1. The molecule has 7 heteroatoms. The highest BCUT2D eigenvalue weighted by molar-refractivity contribution is 5.97. The highest BCUT2D eigenvalue weighted by atomic mass is 19.1. The molecule has 0 unspecified atom stereocenters. The van der Waals surface area contributed by atoms with Crippen molar-refractivity contribution < 1.29 is 19.0 Å². The van der Waals surface area contributed by atoms with E-state index in [1.165, 1.54) is 18.3 Å². The molecule has 0 radical (unpaired) electrons. The summed E-state index contributed by atoms with van der Waals surface area (Å²) in [6, 6.07) is 3.88. The van der Waals surface area contributed by atoms with E-state index in [0.717, 1.165) is 12.5 Å². The van der Waals surface area contributed by atoms with Gasteiger partial charge < -0.3 is 19.7 Å². The van der Waals surface area contributed by atoms with E-state index in [4.69, 9.17) is 4.74 Å². The molecule has 2 aliphatic rings. The van der Waals surface area contributed by atoms with Crippen LogP contribution in [0, 0.1) is 5.82 Å². The Kier molecular flexibility index (Phi) is 4.28. The number of hydrogen-bond donors (Lipinski definition) is 2. The van der Waals surface area contributed by atoms with Gasteiger partial charge in [-0.25, -0.2) is 4.39 Å². The lowest BCUT2D eigenvalue weighted by molar-refractivity contribution is -0.174. The monoisotopic (exact) mass is 360 g/mol. The summed E-state index contributed by atoms with van der Waals surface area (Å²) in [6.45, 7) is 1.45. The van der Waals surface area contributed by atoms with Crippen LogP contribution in [0.5, 0.6) is 0 Å². The first-order chi connectivity index (χ1) is 12.5. The fraction of sp³-hybridized carbons (Fsp3) is 0.474. The average molecular weight is 360 g/mol. The lowest BCUT2D eigenvalue weighted by atomic mass is 9.82. The third-order valence-electron chi connectivity index (χ3n) is 5.59. The number of benzene rings is 1. The molecule has 1 aromatic carbocycles. The van der Waals surface area contributed by atoms with Crippen molar-refractivity contribution in [3.05, 3.63) is 46.0 Å². The Morgan fingerprint density at radius 3 is 2.85 bits per heavy atom. The second-order valence-electron chi connectivity index (χ2n) is 7.08. The van der Waals surface area contributed by atoms with Crippen molar-refractivity contribution >= 4 is 16.8 Å². The summed E-state index contributed by atoms with van der Waals surface area (Å²) < 4.78 is 19.3. The van der Waals surface area contributed by atoms with Gasteiger partial charge in [0.15, 0.2) is 0 Å². The quantitative estimate of drug-likeness (QED) is 0.813. The molecule has 2 fully saturated rings. The van der Waals surface area contributed by atoms with Gasteiger partial charge in [0, 0.05) is 36.8 Å². The number of nitrogens with zero attached hydrogens (tertiary/aromatic N) is 1. The number of amides is 1. The molecule has 1 amide bonds. The molecule has 3 heterocycles. The number of ether oxygens (including phenoxy) is 1. The topological polar surface area (TPSA) is 82.6 Å².